The second kappa shape index (κ2) is 34.2. The van der Waals surface area contributed by atoms with E-state index in [1.54, 1.807) is 0 Å². The molecule has 6 rings (SSSR count). The molecule has 0 spiro atoms. The summed E-state index contributed by atoms with van der Waals surface area (Å²) < 4.78 is 139. The second-order valence-electron chi connectivity index (χ2n) is 13.7. The van der Waals surface area contributed by atoms with Crippen molar-refractivity contribution >= 4 is 111 Å². The van der Waals surface area contributed by atoms with Gasteiger partial charge in [0.05, 0.1) is 85.9 Å². The summed E-state index contributed by atoms with van der Waals surface area (Å²) in [5.41, 5.74) is -2.55. The van der Waals surface area contributed by atoms with Crippen LogP contribution in [0.15, 0.2) is 125 Å². The summed E-state index contributed by atoms with van der Waals surface area (Å²) in [5.74, 6) is -4.87. The topological polar surface area (TPSA) is 450 Å². The minimum absolute atomic E-state index is 0. The third-order valence-corrected chi connectivity index (χ3v) is 14.9. The number of aryl methyl sites for hydroxylation is 1. The van der Waals surface area contributed by atoms with Gasteiger partial charge in [0.25, 0.3) is 0 Å². The Bertz CT molecular complexity index is 3530. The van der Waals surface area contributed by atoms with Crippen LogP contribution < -0.4 is 163 Å². The van der Waals surface area contributed by atoms with Crippen molar-refractivity contribution in [1.29, 1.82) is 0 Å². The molecule has 394 valence electrons. The van der Waals surface area contributed by atoms with Crippen molar-refractivity contribution in [2.45, 2.75) is 26.5 Å². The van der Waals surface area contributed by atoms with Gasteiger partial charge in [-0.25, -0.2) is 33.7 Å². The Morgan fingerprint density at radius 2 is 1.12 bits per heavy atom. The minimum atomic E-state index is -5.40. The molecule has 78 heavy (non-hydrogen) atoms. The van der Waals surface area contributed by atoms with E-state index in [1.807, 2.05) is 0 Å². The van der Waals surface area contributed by atoms with Crippen molar-refractivity contribution in [3.63, 3.8) is 0 Å². The van der Waals surface area contributed by atoms with E-state index in [2.05, 4.69) is 53.6 Å². The number of hydrogen-bond donors (Lipinski definition) is 2. The molecule has 0 bridgehead atoms. The van der Waals surface area contributed by atoms with Crippen LogP contribution in [0.3, 0.4) is 0 Å². The van der Waals surface area contributed by atoms with E-state index < -0.39 is 98.9 Å². The summed E-state index contributed by atoms with van der Waals surface area (Å²) in [6.45, 7) is 0.110. The molecule has 30 nitrogen and oxygen atoms in total. The molecule has 0 aliphatic heterocycles. The SMILES string of the molecule is Cc1nn(-c2ccc(S(=O)(=O)CCOS(=O)(=O)[O-])cc2)c(O)c1N=Nc1ccc(-c2ccc(N=Nc3c(C(=O)[O-])nn(-c4ccc(S(=O)(=O)CCOSOO[O-])cc4)c3O)cc2S(=O)(=O)[O-])c(SOO[O-])c1.[GeH5-].[Na+].[Na+].[Na+].[Na+].[Na+]. The Morgan fingerprint density at radius 1 is 0.641 bits per heavy atom. The number of aromatic nitrogens is 4. The van der Waals surface area contributed by atoms with Crippen LogP contribution >= 0.6 is 24.4 Å². The van der Waals surface area contributed by atoms with E-state index in [0.717, 1.165) is 59.3 Å². The van der Waals surface area contributed by atoms with Gasteiger partial charge in [-0.1, -0.05) is 12.1 Å². The normalized spacial score (nSPS) is 11.7. The number of hydrogen-bond acceptors (Lipinski definition) is 30. The number of carboxylic acids is 1. The summed E-state index contributed by atoms with van der Waals surface area (Å²) in [7, 11) is -18.6. The van der Waals surface area contributed by atoms with Crippen molar-refractivity contribution in [1.82, 2.24) is 19.6 Å². The summed E-state index contributed by atoms with van der Waals surface area (Å²) in [5, 5.41) is 84.7. The summed E-state index contributed by atoms with van der Waals surface area (Å²) in [4.78, 5) is 10.5. The van der Waals surface area contributed by atoms with Crippen LogP contribution in [0.4, 0.5) is 22.7 Å². The van der Waals surface area contributed by atoms with E-state index in [0.29, 0.717) is 4.68 Å². The molecule has 2 heterocycles. The molecule has 0 saturated carbocycles. The fourth-order valence-electron chi connectivity index (χ4n) is 6.03. The maximum absolute atomic E-state index is 12.7. The van der Waals surface area contributed by atoms with Gasteiger partial charge in [0.1, 0.15) is 15.8 Å². The quantitative estimate of drug-likeness (QED) is 0.00830. The van der Waals surface area contributed by atoms with E-state index in [9.17, 15) is 73.4 Å². The van der Waals surface area contributed by atoms with Crippen LogP contribution in [0.2, 0.25) is 0 Å². The van der Waals surface area contributed by atoms with E-state index in [1.165, 1.54) is 37.3 Å². The number of carbonyl (C=O) groups is 1. The van der Waals surface area contributed by atoms with E-state index in [4.69, 9.17) is 4.18 Å². The Balaban J connectivity index is 0.00000988. The monoisotopic (exact) mass is 1310 g/mol. The molecule has 0 aliphatic rings. The van der Waals surface area contributed by atoms with Crippen molar-refractivity contribution in [3.05, 3.63) is 96.3 Å². The third-order valence-electron chi connectivity index (χ3n) is 9.21. The standard InChI is InChI=1S/C36H32N8O22S6.GeH5.5Na/c1-20-31(34(45)43(41-20)23-4-8-26(9-5-23)70(53,54)17-15-62-72(58,59)60)39-37-21-2-12-27(29(18-21)67-65-63-49)28-13-3-22(19-30(28)71(55,56)57)38-40-32-33(36(47)48)42-44(35(32)46)24-6-10-25(11-7-24)69(51,52)16-14-61-68-66-64-50;;;;;;/h2-13,18-19,45-46,49-50H,14-17H2,1H3,(H,47,48)(H,55,56,57)(H,58,59,60);1H5;;;;;/q;-1;5*+1/p-5. The fourth-order valence-corrected chi connectivity index (χ4v) is 10.2. The van der Waals surface area contributed by atoms with Gasteiger partial charge in [0.15, 0.2) is 43.4 Å². The Kier molecular flexibility index (Phi) is 33.9. The number of aromatic hydroxyl groups is 2. The molecule has 4 aromatic carbocycles. The molecule has 2 N–H and O–H groups in total. The maximum Gasteiger partial charge on any atom is 1.00 e. The zero-order valence-corrected chi connectivity index (χ0v) is 55.4. The Hall–Kier alpha value is -0.787. The van der Waals surface area contributed by atoms with Gasteiger partial charge < -0.3 is 39.7 Å². The van der Waals surface area contributed by atoms with Gasteiger partial charge in [0.2, 0.25) is 22.2 Å². The number of sulfone groups is 2. The minimum Gasteiger partial charge on any atom is 1.00 e. The van der Waals surface area contributed by atoms with Gasteiger partial charge >= 0.3 is 165 Å². The molecule has 0 radical (unpaired) electrons. The zero-order valence-electron chi connectivity index (χ0n) is 40.5. The second-order valence-corrected chi connectivity index (χ2v) is 21.6. The van der Waals surface area contributed by atoms with Crippen LogP contribution in [-0.2, 0) is 67.3 Å². The van der Waals surface area contributed by atoms with Crippen LogP contribution in [0.1, 0.15) is 16.2 Å². The van der Waals surface area contributed by atoms with Gasteiger partial charge in [0, 0.05) is 10.5 Å². The molecular weight excluding hydrogens is 1280 g/mol. The molecular formula is C36H32GeN8Na5O22S6-. The number of azo groups is 2. The molecule has 0 aliphatic carbocycles. The van der Waals surface area contributed by atoms with Gasteiger partial charge in [-0.15, -0.1) is 14.6 Å². The van der Waals surface area contributed by atoms with E-state index >= 15 is 0 Å². The number of nitrogens with zero attached hydrogens (tertiary/aromatic N) is 8. The van der Waals surface area contributed by atoms with Crippen molar-refractivity contribution in [3.8, 4) is 34.3 Å². The van der Waals surface area contributed by atoms with Crippen LogP contribution in [0.25, 0.3) is 22.5 Å². The Morgan fingerprint density at radius 3 is 1.62 bits per heavy atom. The predicted molar refractivity (Wildman–Crippen MR) is 244 cm³/mol. The Labute approximate surface area is 572 Å². The number of benzene rings is 4. The van der Waals surface area contributed by atoms with Crippen LogP contribution in [0, 0.1) is 6.92 Å². The van der Waals surface area contributed by atoms with Crippen LogP contribution in [0.5, 0.6) is 11.8 Å². The summed E-state index contributed by atoms with van der Waals surface area (Å²) in [6, 6.07) is 15.9. The molecule has 6 aromatic rings. The molecule has 0 fully saturated rings. The third kappa shape index (κ3) is 20.8. The summed E-state index contributed by atoms with van der Waals surface area (Å²) >= 11 is 0.361. The average Bonchev–Trinajstić information content (AvgIpc) is 3.81. The number of rotatable bonds is 24. The predicted octanol–water partition coefficient (Wildman–Crippen LogP) is -15.1. The molecule has 42 heteroatoms. The maximum atomic E-state index is 12.7. The smallest absolute Gasteiger partial charge is 1.00 e. The van der Waals surface area contributed by atoms with Crippen molar-refractivity contribution in [2.75, 3.05) is 24.7 Å². The molecule has 2 aromatic heterocycles. The average molecular weight is 1310 g/mol. The van der Waals surface area contributed by atoms with Crippen LogP contribution in [-0.4, -0.2) is 121 Å². The molecule has 0 saturated heterocycles. The first-order chi connectivity index (χ1) is 33.9. The van der Waals surface area contributed by atoms with Gasteiger partial charge in [-0.05, 0) is 85.3 Å². The zero-order chi connectivity index (χ0) is 52.6. The van der Waals surface area contributed by atoms with Crippen molar-refractivity contribution in [2.24, 2.45) is 20.5 Å². The first-order valence-electron chi connectivity index (χ1n) is 19.0. The number of carbonyl (C=O) groups excluding carboxylic acids is 1. The summed E-state index contributed by atoms with van der Waals surface area (Å²) in [6.07, 6.45) is 0. The first-order valence-corrected chi connectivity index (χ1v) is 26.4. The molecule has 0 amide bonds. The van der Waals surface area contributed by atoms with Crippen molar-refractivity contribution < 1.29 is 248 Å². The molecule has 0 atom stereocenters. The fraction of sp³-hybridized carbons (Fsp3) is 0.139. The number of carboxylic acid groups (broad SMARTS) is 1. The largest absolute Gasteiger partial charge is 1.00 e. The molecule has 0 unspecified atom stereocenters. The first kappa shape index (κ1) is 77.2. The van der Waals surface area contributed by atoms with E-state index in [-0.39, 0.29) is 250 Å². The van der Waals surface area contributed by atoms with Gasteiger partial charge in [-0.2, -0.15) is 34.1 Å². The number of aromatic carboxylic acids is 1. The van der Waals surface area contributed by atoms with Gasteiger partial charge in [-0.3, -0.25) is 18.4 Å².